The van der Waals surface area contributed by atoms with Crippen molar-refractivity contribution in [2.45, 2.75) is 6.92 Å². The van der Waals surface area contributed by atoms with Gasteiger partial charge in [0.1, 0.15) is 10.8 Å². The number of benzene rings is 4. The lowest BCUT2D eigenvalue weighted by Gasteiger charge is -2.15. The molecule has 0 atom stereocenters. The van der Waals surface area contributed by atoms with Gasteiger partial charge in [0.15, 0.2) is 0 Å². The van der Waals surface area contributed by atoms with E-state index in [4.69, 9.17) is 9.72 Å². The molecule has 0 aliphatic heterocycles. The number of aryl methyl sites for hydroxylation is 1. The normalized spacial score (nSPS) is 11.1. The Labute approximate surface area is 198 Å². The Morgan fingerprint density at radius 3 is 2.62 bits per heavy atom. The SMILES string of the molecule is COc1c(C(=O)Nc2cc(-c3nc4ccccc4s3)ccc2C)cc2ccccc2c1Br. The molecule has 0 spiro atoms. The zero-order chi connectivity index (χ0) is 22.2. The Hall–Kier alpha value is -3.22. The van der Waals surface area contributed by atoms with Crippen LogP contribution < -0.4 is 10.1 Å². The van der Waals surface area contributed by atoms with Gasteiger partial charge in [0.25, 0.3) is 5.91 Å². The van der Waals surface area contributed by atoms with Crippen LogP contribution in [-0.4, -0.2) is 18.0 Å². The molecule has 1 amide bonds. The number of rotatable bonds is 4. The van der Waals surface area contributed by atoms with Crippen LogP contribution in [0.25, 0.3) is 31.6 Å². The first kappa shape index (κ1) is 20.7. The predicted octanol–water partition coefficient (Wildman–Crippen LogP) is 7.45. The minimum absolute atomic E-state index is 0.224. The van der Waals surface area contributed by atoms with Crippen LogP contribution in [0.3, 0.4) is 0 Å². The number of anilines is 1. The fourth-order valence-electron chi connectivity index (χ4n) is 3.73. The van der Waals surface area contributed by atoms with Crippen molar-refractivity contribution >= 4 is 59.9 Å². The van der Waals surface area contributed by atoms with E-state index in [0.29, 0.717) is 11.3 Å². The van der Waals surface area contributed by atoms with E-state index in [0.717, 1.165) is 47.3 Å². The van der Waals surface area contributed by atoms with Gasteiger partial charge >= 0.3 is 0 Å². The van der Waals surface area contributed by atoms with E-state index in [9.17, 15) is 4.79 Å². The number of halogens is 1. The lowest BCUT2D eigenvalue weighted by Crippen LogP contribution is -2.14. The van der Waals surface area contributed by atoms with E-state index < -0.39 is 0 Å². The van der Waals surface area contributed by atoms with Gasteiger partial charge in [0.05, 0.1) is 27.4 Å². The number of hydrogen-bond donors (Lipinski definition) is 1. The van der Waals surface area contributed by atoms with E-state index in [1.807, 2.05) is 73.7 Å². The Morgan fingerprint density at radius 1 is 1.03 bits per heavy atom. The molecule has 0 bridgehead atoms. The highest BCUT2D eigenvalue weighted by atomic mass is 79.9. The summed E-state index contributed by atoms with van der Waals surface area (Å²) in [6.45, 7) is 1.98. The fourth-order valence-corrected chi connectivity index (χ4v) is 5.43. The molecule has 0 radical (unpaired) electrons. The molecule has 6 heteroatoms. The summed E-state index contributed by atoms with van der Waals surface area (Å²) < 4.78 is 7.49. The number of methoxy groups -OCH3 is 1. The largest absolute Gasteiger partial charge is 0.495 e. The maximum atomic E-state index is 13.3. The van der Waals surface area contributed by atoms with Gasteiger partial charge in [-0.3, -0.25) is 4.79 Å². The Bertz CT molecular complexity index is 1460. The molecule has 158 valence electrons. The third-order valence-corrected chi connectivity index (χ3v) is 7.29. The number of aromatic nitrogens is 1. The molecule has 0 saturated heterocycles. The lowest BCUT2D eigenvalue weighted by atomic mass is 10.0. The average molecular weight is 503 g/mol. The fraction of sp³-hybridized carbons (Fsp3) is 0.0769. The highest BCUT2D eigenvalue weighted by Gasteiger charge is 2.19. The Morgan fingerprint density at radius 2 is 1.81 bits per heavy atom. The van der Waals surface area contributed by atoms with E-state index in [1.165, 1.54) is 0 Å². The molecular weight excluding hydrogens is 484 g/mol. The molecule has 0 aliphatic rings. The second-order valence-corrected chi connectivity index (χ2v) is 9.29. The number of ether oxygens (including phenoxy) is 1. The number of para-hydroxylation sites is 1. The average Bonchev–Trinajstić information content (AvgIpc) is 3.25. The second-order valence-electron chi connectivity index (χ2n) is 7.46. The van der Waals surface area contributed by atoms with Crippen molar-refractivity contribution < 1.29 is 9.53 Å². The molecule has 5 rings (SSSR count). The first-order valence-corrected chi connectivity index (χ1v) is 11.7. The van der Waals surface area contributed by atoms with Crippen molar-refractivity contribution in [3.8, 4) is 16.3 Å². The van der Waals surface area contributed by atoms with Crippen LogP contribution >= 0.6 is 27.3 Å². The molecule has 0 aliphatic carbocycles. The Balaban J connectivity index is 1.53. The number of carbonyl (C=O) groups excluding carboxylic acids is 1. The first-order chi connectivity index (χ1) is 15.5. The minimum atomic E-state index is -0.224. The first-order valence-electron chi connectivity index (χ1n) is 10.1. The summed E-state index contributed by atoms with van der Waals surface area (Å²) in [6, 6.07) is 23.9. The topological polar surface area (TPSA) is 51.2 Å². The van der Waals surface area contributed by atoms with E-state index in [-0.39, 0.29) is 5.91 Å². The number of nitrogens with zero attached hydrogens (tertiary/aromatic N) is 1. The van der Waals surface area contributed by atoms with Crippen LogP contribution in [0.5, 0.6) is 5.75 Å². The zero-order valence-electron chi connectivity index (χ0n) is 17.5. The number of thiazole rings is 1. The highest BCUT2D eigenvalue weighted by molar-refractivity contribution is 9.10. The number of carbonyl (C=O) groups is 1. The van der Waals surface area contributed by atoms with Crippen molar-refractivity contribution in [1.29, 1.82) is 0 Å². The molecule has 0 unspecified atom stereocenters. The molecule has 0 saturated carbocycles. The standard InChI is InChI=1S/C26H19BrN2O2S/c1-15-11-12-17(26-29-20-9-5-6-10-22(20)32-26)14-21(15)28-25(30)19-13-16-7-3-4-8-18(16)23(27)24(19)31-2/h3-14H,1-2H3,(H,28,30). The van der Waals surface area contributed by atoms with Gasteiger partial charge < -0.3 is 10.1 Å². The smallest absolute Gasteiger partial charge is 0.259 e. The van der Waals surface area contributed by atoms with Crippen LogP contribution in [-0.2, 0) is 0 Å². The van der Waals surface area contributed by atoms with Crippen molar-refractivity contribution in [3.05, 3.63) is 88.4 Å². The summed E-state index contributed by atoms with van der Waals surface area (Å²) in [5.74, 6) is 0.291. The molecule has 1 heterocycles. The van der Waals surface area contributed by atoms with Gasteiger partial charge in [0, 0.05) is 11.3 Å². The second kappa shape index (κ2) is 8.37. The summed E-state index contributed by atoms with van der Waals surface area (Å²) in [6.07, 6.45) is 0. The Kier molecular flexibility index (Phi) is 5.41. The predicted molar refractivity (Wildman–Crippen MR) is 136 cm³/mol. The van der Waals surface area contributed by atoms with Crippen LogP contribution in [0.1, 0.15) is 15.9 Å². The molecule has 32 heavy (non-hydrogen) atoms. The maximum absolute atomic E-state index is 13.3. The van der Waals surface area contributed by atoms with Gasteiger partial charge in [-0.1, -0.05) is 48.5 Å². The number of nitrogens with one attached hydrogen (secondary N) is 1. The van der Waals surface area contributed by atoms with E-state index in [2.05, 4.69) is 27.3 Å². The van der Waals surface area contributed by atoms with Crippen LogP contribution in [0.2, 0.25) is 0 Å². The van der Waals surface area contributed by atoms with Crippen molar-refractivity contribution in [1.82, 2.24) is 4.98 Å². The molecule has 1 N–H and O–H groups in total. The molecule has 1 aromatic heterocycles. The summed E-state index contributed by atoms with van der Waals surface area (Å²) in [7, 11) is 1.57. The van der Waals surface area contributed by atoms with Gasteiger partial charge in [-0.05, 0) is 63.5 Å². The van der Waals surface area contributed by atoms with Crippen LogP contribution in [0, 0.1) is 6.92 Å². The number of amides is 1. The molecule has 5 aromatic rings. The zero-order valence-corrected chi connectivity index (χ0v) is 19.9. The number of hydrogen-bond acceptors (Lipinski definition) is 4. The van der Waals surface area contributed by atoms with Gasteiger partial charge in [-0.15, -0.1) is 11.3 Å². The third-order valence-electron chi connectivity index (χ3n) is 5.42. The summed E-state index contributed by atoms with van der Waals surface area (Å²) >= 11 is 5.25. The lowest BCUT2D eigenvalue weighted by molar-refractivity contribution is 0.102. The van der Waals surface area contributed by atoms with Gasteiger partial charge in [0.2, 0.25) is 0 Å². The minimum Gasteiger partial charge on any atom is -0.495 e. The van der Waals surface area contributed by atoms with Crippen LogP contribution in [0.4, 0.5) is 5.69 Å². The van der Waals surface area contributed by atoms with E-state index in [1.54, 1.807) is 18.4 Å². The third kappa shape index (κ3) is 3.66. The molecule has 0 fully saturated rings. The van der Waals surface area contributed by atoms with Gasteiger partial charge in [-0.2, -0.15) is 0 Å². The summed E-state index contributed by atoms with van der Waals surface area (Å²) in [5.41, 5.74) is 4.14. The van der Waals surface area contributed by atoms with Crippen LogP contribution in [0.15, 0.2) is 77.3 Å². The van der Waals surface area contributed by atoms with Crippen molar-refractivity contribution in [3.63, 3.8) is 0 Å². The van der Waals surface area contributed by atoms with Crippen molar-refractivity contribution in [2.75, 3.05) is 12.4 Å². The monoisotopic (exact) mass is 502 g/mol. The van der Waals surface area contributed by atoms with Gasteiger partial charge in [-0.25, -0.2) is 4.98 Å². The summed E-state index contributed by atoms with van der Waals surface area (Å²) in [4.78, 5) is 18.0. The van der Waals surface area contributed by atoms with Crippen molar-refractivity contribution in [2.24, 2.45) is 0 Å². The summed E-state index contributed by atoms with van der Waals surface area (Å²) in [5, 5.41) is 5.96. The molecular formula is C26H19BrN2O2S. The number of fused-ring (bicyclic) bond motifs is 2. The molecule has 4 aromatic carbocycles. The highest BCUT2D eigenvalue weighted by Crippen LogP contribution is 2.37. The quantitative estimate of drug-likeness (QED) is 0.277. The van der Waals surface area contributed by atoms with E-state index >= 15 is 0 Å². The maximum Gasteiger partial charge on any atom is 0.259 e. The molecule has 4 nitrogen and oxygen atoms in total.